The second-order valence-corrected chi connectivity index (χ2v) is 6.42. The van der Waals surface area contributed by atoms with Gasteiger partial charge in [0.1, 0.15) is 0 Å². The lowest BCUT2D eigenvalue weighted by Crippen LogP contribution is -2.24. The fraction of sp³-hybridized carbons (Fsp3) is 0.381. The van der Waals surface area contributed by atoms with Crippen molar-refractivity contribution < 1.29 is 4.79 Å². The third-order valence-corrected chi connectivity index (χ3v) is 4.32. The van der Waals surface area contributed by atoms with E-state index >= 15 is 0 Å². The van der Waals surface area contributed by atoms with Crippen LogP contribution in [0.1, 0.15) is 51.5 Å². The number of carbonyl (C=O) groups is 1. The summed E-state index contributed by atoms with van der Waals surface area (Å²) in [7, 11) is 0. The lowest BCUT2D eigenvalue weighted by atomic mass is 10.0. The Balaban J connectivity index is 1.95. The molecule has 2 rings (SSSR count). The van der Waals surface area contributed by atoms with E-state index in [1.807, 2.05) is 18.2 Å². The van der Waals surface area contributed by atoms with Crippen molar-refractivity contribution in [3.8, 4) is 0 Å². The summed E-state index contributed by atoms with van der Waals surface area (Å²) in [4.78, 5) is 12.0. The highest BCUT2D eigenvalue weighted by Gasteiger charge is 2.06. The molecule has 0 heterocycles. The highest BCUT2D eigenvalue weighted by molar-refractivity contribution is 5.94. The van der Waals surface area contributed by atoms with Crippen LogP contribution in [0.4, 0.5) is 0 Å². The lowest BCUT2D eigenvalue weighted by molar-refractivity contribution is 0.0953. The van der Waals surface area contributed by atoms with Crippen molar-refractivity contribution >= 4 is 5.91 Å². The summed E-state index contributed by atoms with van der Waals surface area (Å²) in [6.45, 7) is 10.8. The maximum Gasteiger partial charge on any atom is 0.251 e. The molecule has 0 bridgehead atoms. The van der Waals surface area contributed by atoms with Crippen LogP contribution in [0.5, 0.6) is 0 Å². The summed E-state index contributed by atoms with van der Waals surface area (Å²) in [5.74, 6) is 0.00343. The van der Waals surface area contributed by atoms with Gasteiger partial charge in [-0.05, 0) is 67.1 Å². The van der Waals surface area contributed by atoms with Crippen molar-refractivity contribution in [3.63, 3.8) is 0 Å². The highest BCUT2D eigenvalue weighted by Crippen LogP contribution is 2.15. The molecule has 0 aliphatic rings. The van der Waals surface area contributed by atoms with Crippen LogP contribution in [0.15, 0.2) is 36.4 Å². The molecule has 0 fully saturated rings. The Labute approximate surface area is 145 Å². The van der Waals surface area contributed by atoms with Crippen LogP contribution < -0.4 is 10.6 Å². The maximum atomic E-state index is 12.0. The summed E-state index contributed by atoms with van der Waals surface area (Å²) in [6, 6.07) is 12.3. The van der Waals surface area contributed by atoms with Crippen LogP contribution in [-0.2, 0) is 13.1 Å². The van der Waals surface area contributed by atoms with Gasteiger partial charge >= 0.3 is 0 Å². The van der Waals surface area contributed by atoms with Crippen molar-refractivity contribution in [3.05, 3.63) is 69.8 Å². The number of rotatable bonds is 7. The fourth-order valence-electron chi connectivity index (χ4n) is 2.72. The summed E-state index contributed by atoms with van der Waals surface area (Å²) in [5, 5.41) is 6.40. The molecule has 2 aromatic carbocycles. The first-order chi connectivity index (χ1) is 11.5. The molecule has 0 aromatic heterocycles. The van der Waals surface area contributed by atoms with E-state index in [4.69, 9.17) is 0 Å². The van der Waals surface area contributed by atoms with Crippen molar-refractivity contribution in [2.24, 2.45) is 0 Å². The summed E-state index contributed by atoms with van der Waals surface area (Å²) in [5.41, 5.74) is 7.16. The second kappa shape index (κ2) is 8.65. The predicted octanol–water partition coefficient (Wildman–Crippen LogP) is 4.04. The standard InChI is InChI=1S/C21H28N2O/c1-5-9-23-21(24)19-8-6-7-18(12-19)13-22-14-20-11-16(3)15(2)10-17(20)4/h6-8,10-12,22H,5,9,13-14H2,1-4H3,(H,23,24). The Morgan fingerprint density at radius 2 is 1.71 bits per heavy atom. The van der Waals surface area contributed by atoms with E-state index in [0.717, 1.165) is 30.6 Å². The van der Waals surface area contributed by atoms with Gasteiger partial charge < -0.3 is 10.6 Å². The number of aryl methyl sites for hydroxylation is 3. The molecule has 24 heavy (non-hydrogen) atoms. The molecular weight excluding hydrogens is 296 g/mol. The largest absolute Gasteiger partial charge is 0.352 e. The molecule has 0 unspecified atom stereocenters. The quantitative estimate of drug-likeness (QED) is 0.807. The zero-order valence-corrected chi connectivity index (χ0v) is 15.2. The second-order valence-electron chi connectivity index (χ2n) is 6.42. The Bertz CT molecular complexity index is 707. The number of benzene rings is 2. The van der Waals surface area contributed by atoms with Crippen LogP contribution in [-0.4, -0.2) is 12.5 Å². The monoisotopic (exact) mass is 324 g/mol. The fourth-order valence-corrected chi connectivity index (χ4v) is 2.72. The third-order valence-electron chi connectivity index (χ3n) is 4.32. The molecule has 128 valence electrons. The highest BCUT2D eigenvalue weighted by atomic mass is 16.1. The molecule has 2 aromatic rings. The van der Waals surface area contributed by atoms with Gasteiger partial charge in [0.05, 0.1) is 0 Å². The SMILES string of the molecule is CCCNC(=O)c1cccc(CNCc2cc(C)c(C)cc2C)c1. The topological polar surface area (TPSA) is 41.1 Å². The Morgan fingerprint density at radius 3 is 2.46 bits per heavy atom. The van der Waals surface area contributed by atoms with Crippen LogP contribution in [0.2, 0.25) is 0 Å². The van der Waals surface area contributed by atoms with Crippen molar-refractivity contribution in [2.45, 2.75) is 47.2 Å². The Morgan fingerprint density at radius 1 is 0.958 bits per heavy atom. The van der Waals surface area contributed by atoms with Crippen molar-refractivity contribution in [2.75, 3.05) is 6.54 Å². The van der Waals surface area contributed by atoms with Gasteiger partial charge in [-0.3, -0.25) is 4.79 Å². The van der Waals surface area contributed by atoms with Gasteiger partial charge in [0.25, 0.3) is 5.91 Å². The normalized spacial score (nSPS) is 10.7. The van der Waals surface area contributed by atoms with Crippen LogP contribution in [0.25, 0.3) is 0 Å². The molecule has 2 N–H and O–H groups in total. The maximum absolute atomic E-state index is 12.0. The van der Waals surface area contributed by atoms with E-state index in [-0.39, 0.29) is 5.91 Å². The van der Waals surface area contributed by atoms with Crippen LogP contribution >= 0.6 is 0 Å². The molecule has 0 spiro atoms. The summed E-state index contributed by atoms with van der Waals surface area (Å²) in [6.07, 6.45) is 0.947. The first kappa shape index (κ1) is 18.2. The molecule has 0 aliphatic carbocycles. The molecule has 0 saturated heterocycles. The van der Waals surface area contributed by atoms with Gasteiger partial charge in [0, 0.05) is 25.2 Å². The van der Waals surface area contributed by atoms with E-state index in [9.17, 15) is 4.79 Å². The minimum Gasteiger partial charge on any atom is -0.352 e. The molecule has 1 amide bonds. The number of carbonyl (C=O) groups excluding carboxylic acids is 1. The molecule has 0 radical (unpaired) electrons. The molecule has 3 nitrogen and oxygen atoms in total. The zero-order valence-electron chi connectivity index (χ0n) is 15.2. The average Bonchev–Trinajstić information content (AvgIpc) is 2.57. The average molecular weight is 324 g/mol. The van der Waals surface area contributed by atoms with Crippen molar-refractivity contribution in [1.29, 1.82) is 0 Å². The molecule has 0 atom stereocenters. The Hall–Kier alpha value is -2.13. The van der Waals surface area contributed by atoms with E-state index in [1.165, 1.54) is 22.3 Å². The van der Waals surface area contributed by atoms with Crippen LogP contribution in [0.3, 0.4) is 0 Å². The number of nitrogens with one attached hydrogen (secondary N) is 2. The number of amides is 1. The van der Waals surface area contributed by atoms with Gasteiger partial charge in [-0.25, -0.2) is 0 Å². The van der Waals surface area contributed by atoms with Crippen LogP contribution in [0, 0.1) is 20.8 Å². The van der Waals surface area contributed by atoms with E-state index in [0.29, 0.717) is 6.54 Å². The number of hydrogen-bond donors (Lipinski definition) is 2. The summed E-state index contributed by atoms with van der Waals surface area (Å²) < 4.78 is 0. The first-order valence-electron chi connectivity index (χ1n) is 8.66. The smallest absolute Gasteiger partial charge is 0.251 e. The summed E-state index contributed by atoms with van der Waals surface area (Å²) >= 11 is 0. The Kier molecular flexibility index (Phi) is 6.56. The van der Waals surface area contributed by atoms with Gasteiger partial charge in [0.15, 0.2) is 0 Å². The first-order valence-corrected chi connectivity index (χ1v) is 8.66. The van der Waals surface area contributed by atoms with Gasteiger partial charge in [-0.1, -0.05) is 31.2 Å². The predicted molar refractivity (Wildman–Crippen MR) is 100 cm³/mol. The molecular formula is C21H28N2O. The zero-order chi connectivity index (χ0) is 17.5. The lowest BCUT2D eigenvalue weighted by Gasteiger charge is -2.11. The van der Waals surface area contributed by atoms with E-state index in [2.05, 4.69) is 56.5 Å². The number of hydrogen-bond acceptors (Lipinski definition) is 2. The third kappa shape index (κ3) is 4.93. The molecule has 0 saturated carbocycles. The van der Waals surface area contributed by atoms with Crippen molar-refractivity contribution in [1.82, 2.24) is 10.6 Å². The van der Waals surface area contributed by atoms with Gasteiger partial charge in [-0.2, -0.15) is 0 Å². The van der Waals surface area contributed by atoms with E-state index < -0.39 is 0 Å². The molecule has 3 heteroatoms. The minimum atomic E-state index is 0.00343. The van der Waals surface area contributed by atoms with E-state index in [1.54, 1.807) is 0 Å². The van der Waals surface area contributed by atoms with Gasteiger partial charge in [-0.15, -0.1) is 0 Å². The minimum absolute atomic E-state index is 0.00343. The molecule has 0 aliphatic heterocycles. The van der Waals surface area contributed by atoms with Gasteiger partial charge in [0.2, 0.25) is 0 Å².